The topological polar surface area (TPSA) is 38.3 Å². The summed E-state index contributed by atoms with van der Waals surface area (Å²) in [6, 6.07) is 2.68. The fourth-order valence-electron chi connectivity index (χ4n) is 2.77. The summed E-state index contributed by atoms with van der Waals surface area (Å²) in [7, 11) is 0. The lowest BCUT2D eigenvalue weighted by atomic mass is 10.1. The van der Waals surface area contributed by atoms with Gasteiger partial charge in [0, 0.05) is 31.5 Å². The molecule has 2 aromatic heterocycles. The van der Waals surface area contributed by atoms with Gasteiger partial charge in [0.1, 0.15) is 0 Å². The van der Waals surface area contributed by atoms with E-state index in [-0.39, 0.29) is 0 Å². The maximum Gasteiger partial charge on any atom is 0.0622 e. The van der Waals surface area contributed by atoms with Crippen LogP contribution in [0.3, 0.4) is 0 Å². The molecule has 3 heterocycles. The number of hydrogen-bond donors (Lipinski definition) is 0. The van der Waals surface area contributed by atoms with Crippen LogP contribution in [0.15, 0.2) is 29.2 Å². The maximum atomic E-state index is 5.68. The minimum atomic E-state index is 0.472. The summed E-state index contributed by atoms with van der Waals surface area (Å²) in [5, 5.41) is 4.38. The van der Waals surface area contributed by atoms with Crippen LogP contribution in [0.4, 0.5) is 0 Å². The van der Waals surface area contributed by atoms with Crippen LogP contribution in [0.25, 0.3) is 0 Å². The molecule has 0 amide bonds. The van der Waals surface area contributed by atoms with Gasteiger partial charge in [0.2, 0.25) is 0 Å². The smallest absolute Gasteiger partial charge is 0.0622 e. The summed E-state index contributed by atoms with van der Waals surface area (Å²) in [4.78, 5) is 11.3. The second-order valence-electron chi connectivity index (χ2n) is 5.46. The molecule has 0 spiro atoms. The maximum absolute atomic E-state index is 5.68. The van der Waals surface area contributed by atoms with E-state index in [1.165, 1.54) is 5.56 Å². The Bertz CT molecular complexity index is 558. The number of ether oxygens (including phenoxy) is 1. The quantitative estimate of drug-likeness (QED) is 0.851. The average molecular weight is 303 g/mol. The molecule has 4 nitrogen and oxygen atoms in total. The Kier molecular flexibility index (Phi) is 4.95. The largest absolute Gasteiger partial charge is 0.378 e. The summed E-state index contributed by atoms with van der Waals surface area (Å²) >= 11 is 1.77. The number of nitrogens with zero attached hydrogens (tertiary/aromatic N) is 3. The molecule has 0 bridgehead atoms. The Hall–Kier alpha value is -1.30. The summed E-state index contributed by atoms with van der Waals surface area (Å²) < 4.78 is 5.68. The summed E-state index contributed by atoms with van der Waals surface area (Å²) in [5.41, 5.74) is 3.56. The molecule has 0 aliphatic carbocycles. The molecule has 2 aromatic rings. The highest BCUT2D eigenvalue weighted by Gasteiger charge is 2.23. The molecule has 0 aromatic carbocycles. The van der Waals surface area contributed by atoms with Crippen LogP contribution in [0, 0.1) is 6.92 Å². The van der Waals surface area contributed by atoms with Crippen LogP contribution < -0.4 is 0 Å². The average Bonchev–Trinajstić information content (AvgIpc) is 3.01. The first-order chi connectivity index (χ1) is 10.3. The molecule has 1 atom stereocenters. The SMILES string of the molecule is Cc1nccnc1CC[C@@H]1COCCN1Cc1ccsc1. The summed E-state index contributed by atoms with van der Waals surface area (Å²) in [6.07, 6.45) is 5.58. The lowest BCUT2D eigenvalue weighted by Crippen LogP contribution is -2.45. The molecular formula is C16H21N3OS. The van der Waals surface area contributed by atoms with Gasteiger partial charge in [-0.05, 0) is 42.2 Å². The van der Waals surface area contributed by atoms with Gasteiger partial charge in [-0.1, -0.05) is 0 Å². The van der Waals surface area contributed by atoms with Crippen molar-refractivity contribution in [2.45, 2.75) is 32.4 Å². The van der Waals surface area contributed by atoms with Gasteiger partial charge in [-0.15, -0.1) is 0 Å². The second-order valence-corrected chi connectivity index (χ2v) is 6.24. The van der Waals surface area contributed by atoms with E-state index < -0.39 is 0 Å². The number of aromatic nitrogens is 2. The Morgan fingerprint density at radius 2 is 2.29 bits per heavy atom. The van der Waals surface area contributed by atoms with Crippen LogP contribution in [-0.2, 0) is 17.7 Å². The van der Waals surface area contributed by atoms with E-state index in [4.69, 9.17) is 4.74 Å². The molecule has 1 saturated heterocycles. The molecule has 5 heteroatoms. The molecule has 0 saturated carbocycles. The molecule has 21 heavy (non-hydrogen) atoms. The molecule has 0 N–H and O–H groups in total. The fraction of sp³-hybridized carbons (Fsp3) is 0.500. The third-order valence-electron chi connectivity index (χ3n) is 4.01. The second kappa shape index (κ2) is 7.11. The van der Waals surface area contributed by atoms with Gasteiger partial charge in [0.15, 0.2) is 0 Å². The highest BCUT2D eigenvalue weighted by Crippen LogP contribution is 2.18. The number of thiophene rings is 1. The first-order valence-corrected chi connectivity index (χ1v) is 8.36. The first-order valence-electron chi connectivity index (χ1n) is 7.42. The molecule has 0 unspecified atom stereocenters. The van der Waals surface area contributed by atoms with Crippen LogP contribution in [0.2, 0.25) is 0 Å². The third kappa shape index (κ3) is 3.87. The van der Waals surface area contributed by atoms with Gasteiger partial charge in [0.25, 0.3) is 0 Å². The van der Waals surface area contributed by atoms with Crippen molar-refractivity contribution in [3.05, 3.63) is 46.2 Å². The van der Waals surface area contributed by atoms with E-state index in [2.05, 4.69) is 31.7 Å². The van der Waals surface area contributed by atoms with Crippen LogP contribution in [0.5, 0.6) is 0 Å². The van der Waals surface area contributed by atoms with Crippen molar-refractivity contribution in [2.24, 2.45) is 0 Å². The minimum absolute atomic E-state index is 0.472. The van der Waals surface area contributed by atoms with Crippen molar-refractivity contribution in [3.8, 4) is 0 Å². The Balaban J connectivity index is 1.60. The molecule has 112 valence electrons. The van der Waals surface area contributed by atoms with Crippen molar-refractivity contribution >= 4 is 11.3 Å². The summed E-state index contributed by atoms with van der Waals surface area (Å²) in [6.45, 7) is 5.73. The van der Waals surface area contributed by atoms with Gasteiger partial charge in [0.05, 0.1) is 24.6 Å². The lowest BCUT2D eigenvalue weighted by Gasteiger charge is -2.35. The zero-order valence-corrected chi connectivity index (χ0v) is 13.2. The van der Waals surface area contributed by atoms with E-state index in [1.807, 2.05) is 6.92 Å². The zero-order valence-electron chi connectivity index (χ0n) is 12.4. The van der Waals surface area contributed by atoms with Crippen molar-refractivity contribution in [3.63, 3.8) is 0 Å². The van der Waals surface area contributed by atoms with Gasteiger partial charge >= 0.3 is 0 Å². The normalized spacial score (nSPS) is 19.8. The predicted octanol–water partition coefficient (Wildman–Crippen LogP) is 2.68. The van der Waals surface area contributed by atoms with E-state index in [0.717, 1.165) is 50.5 Å². The van der Waals surface area contributed by atoms with Gasteiger partial charge in [-0.3, -0.25) is 14.9 Å². The third-order valence-corrected chi connectivity index (χ3v) is 4.74. The fourth-order valence-corrected chi connectivity index (χ4v) is 3.43. The minimum Gasteiger partial charge on any atom is -0.378 e. The Labute approximate surface area is 129 Å². The van der Waals surface area contributed by atoms with Gasteiger partial charge in [-0.25, -0.2) is 0 Å². The number of hydrogen-bond acceptors (Lipinski definition) is 5. The lowest BCUT2D eigenvalue weighted by molar-refractivity contribution is -0.0143. The number of morpholine rings is 1. The summed E-state index contributed by atoms with van der Waals surface area (Å²) in [5.74, 6) is 0. The van der Waals surface area contributed by atoms with E-state index >= 15 is 0 Å². The zero-order chi connectivity index (χ0) is 14.5. The van der Waals surface area contributed by atoms with Crippen molar-refractivity contribution in [1.82, 2.24) is 14.9 Å². The van der Waals surface area contributed by atoms with Gasteiger partial charge < -0.3 is 4.74 Å². The number of rotatable bonds is 5. The van der Waals surface area contributed by atoms with Crippen LogP contribution in [0.1, 0.15) is 23.4 Å². The van der Waals surface area contributed by atoms with E-state index in [9.17, 15) is 0 Å². The molecular weight excluding hydrogens is 282 g/mol. The molecule has 1 fully saturated rings. The molecule has 1 aliphatic heterocycles. The Morgan fingerprint density at radius 1 is 1.38 bits per heavy atom. The van der Waals surface area contributed by atoms with Gasteiger partial charge in [-0.2, -0.15) is 11.3 Å². The van der Waals surface area contributed by atoms with Crippen molar-refractivity contribution in [1.29, 1.82) is 0 Å². The first kappa shape index (κ1) is 14.6. The monoisotopic (exact) mass is 303 g/mol. The van der Waals surface area contributed by atoms with E-state index in [0.29, 0.717) is 6.04 Å². The highest BCUT2D eigenvalue weighted by atomic mass is 32.1. The number of aryl methyl sites for hydroxylation is 2. The molecule has 3 rings (SSSR count). The predicted molar refractivity (Wildman–Crippen MR) is 84.4 cm³/mol. The Morgan fingerprint density at radius 3 is 3.10 bits per heavy atom. The van der Waals surface area contributed by atoms with Crippen molar-refractivity contribution in [2.75, 3.05) is 19.8 Å². The highest BCUT2D eigenvalue weighted by molar-refractivity contribution is 7.07. The van der Waals surface area contributed by atoms with E-state index in [1.54, 1.807) is 23.7 Å². The van der Waals surface area contributed by atoms with Crippen LogP contribution in [-0.4, -0.2) is 40.7 Å². The molecule has 0 radical (unpaired) electrons. The molecule has 1 aliphatic rings. The standard InChI is InChI=1S/C16H21N3OS/c1-13-16(18-6-5-17-13)3-2-15-11-20-8-7-19(15)10-14-4-9-21-12-14/h4-6,9,12,15H,2-3,7-8,10-11H2,1H3/t15-/m1/s1. The van der Waals surface area contributed by atoms with Crippen molar-refractivity contribution < 1.29 is 4.74 Å². The van der Waals surface area contributed by atoms with Crippen LogP contribution >= 0.6 is 11.3 Å².